The Labute approximate surface area is 115 Å². The van der Waals surface area contributed by atoms with Crippen molar-refractivity contribution in [1.29, 1.82) is 0 Å². The minimum Gasteiger partial charge on any atom is -0.465 e. The molecule has 0 bridgehead atoms. The minimum absolute atomic E-state index is 0.182. The van der Waals surface area contributed by atoms with Crippen LogP contribution < -0.4 is 5.32 Å². The van der Waals surface area contributed by atoms with E-state index in [4.69, 9.17) is 4.74 Å². The van der Waals surface area contributed by atoms with Gasteiger partial charge in [0.25, 0.3) is 0 Å². The van der Waals surface area contributed by atoms with E-state index in [0.29, 0.717) is 22.2 Å². The van der Waals surface area contributed by atoms with Crippen LogP contribution >= 0.6 is 11.5 Å². The Bertz CT molecular complexity index is 500. The fourth-order valence-corrected chi connectivity index (χ4v) is 2.87. The van der Waals surface area contributed by atoms with Crippen LogP contribution in [0.2, 0.25) is 0 Å². The number of amides is 2. The summed E-state index contributed by atoms with van der Waals surface area (Å²) in [7, 11) is 1.31. The maximum absolute atomic E-state index is 12.1. The normalized spacial score (nSPS) is 18.5. The lowest BCUT2D eigenvalue weighted by Crippen LogP contribution is -2.33. The number of rotatable bonds is 2. The molecule has 2 amide bonds. The second-order valence-electron chi connectivity index (χ2n) is 4.73. The van der Waals surface area contributed by atoms with Gasteiger partial charge >= 0.3 is 12.0 Å². The lowest BCUT2D eigenvalue weighted by molar-refractivity contribution is 0.0601. The Morgan fingerprint density at radius 3 is 2.84 bits per heavy atom. The number of nitrogens with zero attached hydrogens (tertiary/aromatic N) is 2. The predicted octanol–water partition coefficient (Wildman–Crippen LogP) is 2.11. The van der Waals surface area contributed by atoms with Crippen molar-refractivity contribution in [3.63, 3.8) is 0 Å². The van der Waals surface area contributed by atoms with Gasteiger partial charge in [-0.3, -0.25) is 5.32 Å². The summed E-state index contributed by atoms with van der Waals surface area (Å²) in [4.78, 5) is 25.5. The highest BCUT2D eigenvalue weighted by atomic mass is 32.1. The molecule has 2 rings (SSSR count). The van der Waals surface area contributed by atoms with E-state index >= 15 is 0 Å². The van der Waals surface area contributed by atoms with E-state index in [0.717, 1.165) is 31.0 Å². The van der Waals surface area contributed by atoms with E-state index in [9.17, 15) is 9.59 Å². The lowest BCUT2D eigenvalue weighted by atomic mass is 10.2. The lowest BCUT2D eigenvalue weighted by Gasteiger charge is -2.16. The zero-order valence-corrected chi connectivity index (χ0v) is 12.0. The molecule has 0 aliphatic carbocycles. The molecule has 1 saturated heterocycles. The van der Waals surface area contributed by atoms with Gasteiger partial charge in [-0.25, -0.2) is 9.59 Å². The molecule has 1 aromatic heterocycles. The number of ether oxygens (including phenoxy) is 1. The first kappa shape index (κ1) is 13.8. The largest absolute Gasteiger partial charge is 0.465 e. The molecule has 1 N–H and O–H groups in total. The quantitative estimate of drug-likeness (QED) is 0.844. The monoisotopic (exact) mass is 283 g/mol. The number of likely N-dealkylation sites (tertiary alicyclic amines) is 1. The third kappa shape index (κ3) is 2.86. The number of methoxy groups -OCH3 is 1. The van der Waals surface area contributed by atoms with Gasteiger partial charge < -0.3 is 9.64 Å². The van der Waals surface area contributed by atoms with Crippen LogP contribution in [-0.2, 0) is 4.74 Å². The van der Waals surface area contributed by atoms with E-state index in [2.05, 4.69) is 16.6 Å². The number of nitrogens with one attached hydrogen (secondary N) is 1. The number of urea groups is 1. The predicted molar refractivity (Wildman–Crippen MR) is 72.6 cm³/mol. The van der Waals surface area contributed by atoms with Crippen molar-refractivity contribution >= 4 is 28.5 Å². The van der Waals surface area contributed by atoms with Gasteiger partial charge in [-0.05, 0) is 30.8 Å². The minimum atomic E-state index is -0.476. The van der Waals surface area contributed by atoms with Gasteiger partial charge in [-0.15, -0.1) is 0 Å². The second-order valence-corrected chi connectivity index (χ2v) is 5.51. The van der Waals surface area contributed by atoms with Crippen molar-refractivity contribution in [2.75, 3.05) is 25.5 Å². The molecule has 1 aliphatic rings. The zero-order chi connectivity index (χ0) is 14.0. The fraction of sp³-hybridized carbons (Fsp3) is 0.583. The smallest absolute Gasteiger partial charge is 0.342 e. The van der Waals surface area contributed by atoms with E-state index in [-0.39, 0.29) is 6.03 Å². The molecule has 0 radical (unpaired) electrons. The molecule has 1 unspecified atom stereocenters. The summed E-state index contributed by atoms with van der Waals surface area (Å²) in [5.41, 5.74) is 0.912. The highest BCUT2D eigenvalue weighted by Crippen LogP contribution is 2.26. The van der Waals surface area contributed by atoms with E-state index in [1.807, 2.05) is 0 Å². The first-order valence-corrected chi connectivity index (χ1v) is 6.90. The number of anilines is 1. The number of hydrogen-bond acceptors (Lipinski definition) is 5. The molecule has 1 aromatic rings. The third-order valence-corrected chi connectivity index (χ3v) is 4.04. The van der Waals surface area contributed by atoms with Crippen molar-refractivity contribution < 1.29 is 14.3 Å². The molecule has 7 heteroatoms. The van der Waals surface area contributed by atoms with Crippen molar-refractivity contribution in [3.05, 3.63) is 11.3 Å². The molecular formula is C12H17N3O3S. The molecule has 1 aliphatic heterocycles. The van der Waals surface area contributed by atoms with Crippen LogP contribution in [0.1, 0.15) is 29.4 Å². The number of esters is 1. The first-order valence-electron chi connectivity index (χ1n) is 6.13. The number of hydrogen-bond donors (Lipinski definition) is 1. The fourth-order valence-electron chi connectivity index (χ4n) is 2.09. The molecule has 1 atom stereocenters. The summed E-state index contributed by atoms with van der Waals surface area (Å²) in [5.74, 6) is 0.0466. The van der Waals surface area contributed by atoms with E-state index in [1.54, 1.807) is 11.8 Å². The van der Waals surface area contributed by atoms with Gasteiger partial charge in [0.05, 0.1) is 12.8 Å². The molecular weight excluding hydrogens is 266 g/mol. The van der Waals surface area contributed by atoms with Gasteiger partial charge in [0.1, 0.15) is 10.6 Å². The molecule has 0 spiro atoms. The number of carbonyl (C=O) groups is 2. The highest BCUT2D eigenvalue weighted by molar-refractivity contribution is 7.11. The SMILES string of the molecule is COC(=O)c1c(C)nsc1NC(=O)N1CCC(C)C1. The Morgan fingerprint density at radius 2 is 2.26 bits per heavy atom. The van der Waals surface area contributed by atoms with E-state index in [1.165, 1.54) is 7.11 Å². The van der Waals surface area contributed by atoms with E-state index < -0.39 is 5.97 Å². The summed E-state index contributed by atoms with van der Waals surface area (Å²) in [5, 5.41) is 3.20. The van der Waals surface area contributed by atoms with Gasteiger partial charge in [-0.2, -0.15) is 4.37 Å². The molecule has 1 fully saturated rings. The Morgan fingerprint density at radius 1 is 1.53 bits per heavy atom. The first-order chi connectivity index (χ1) is 9.02. The van der Waals surface area contributed by atoms with Crippen LogP contribution in [0.25, 0.3) is 0 Å². The van der Waals surface area contributed by atoms with Crippen molar-refractivity contribution in [2.24, 2.45) is 5.92 Å². The van der Waals surface area contributed by atoms with Crippen LogP contribution in [-0.4, -0.2) is 41.5 Å². The summed E-state index contributed by atoms with van der Waals surface area (Å²) in [6, 6.07) is -0.182. The summed E-state index contributed by atoms with van der Waals surface area (Å²) < 4.78 is 8.79. The van der Waals surface area contributed by atoms with Gasteiger partial charge in [0, 0.05) is 13.1 Å². The van der Waals surface area contributed by atoms with Gasteiger partial charge in [-0.1, -0.05) is 6.92 Å². The van der Waals surface area contributed by atoms with Crippen LogP contribution in [0.4, 0.5) is 9.80 Å². The van der Waals surface area contributed by atoms with Gasteiger partial charge in [0.2, 0.25) is 0 Å². The van der Waals surface area contributed by atoms with Gasteiger partial charge in [0.15, 0.2) is 0 Å². The standard InChI is InChI=1S/C12H17N3O3S/c1-7-4-5-15(6-7)12(17)13-10-9(11(16)18-3)8(2)14-19-10/h7H,4-6H2,1-3H3,(H,13,17). The van der Waals surface area contributed by atoms with Crippen LogP contribution in [0.5, 0.6) is 0 Å². The summed E-state index contributed by atoms with van der Waals surface area (Å²) in [6.07, 6.45) is 1.01. The van der Waals surface area contributed by atoms with Crippen LogP contribution in [0.3, 0.4) is 0 Å². The molecule has 0 aromatic carbocycles. The second kappa shape index (κ2) is 5.56. The highest BCUT2D eigenvalue weighted by Gasteiger charge is 2.26. The molecule has 6 nitrogen and oxygen atoms in total. The Hall–Kier alpha value is -1.63. The average molecular weight is 283 g/mol. The van der Waals surface area contributed by atoms with Crippen molar-refractivity contribution in [1.82, 2.24) is 9.27 Å². The summed E-state index contributed by atoms with van der Waals surface area (Å²) in [6.45, 7) is 5.33. The number of carbonyl (C=O) groups excluding carboxylic acids is 2. The Balaban J connectivity index is 2.11. The molecule has 2 heterocycles. The van der Waals surface area contributed by atoms with Crippen molar-refractivity contribution in [3.8, 4) is 0 Å². The Kier molecular flexibility index (Phi) is 4.04. The maximum atomic E-state index is 12.1. The number of aromatic nitrogens is 1. The molecule has 19 heavy (non-hydrogen) atoms. The molecule has 0 saturated carbocycles. The third-order valence-electron chi connectivity index (χ3n) is 3.18. The summed E-state index contributed by atoms with van der Waals surface area (Å²) >= 11 is 1.10. The van der Waals surface area contributed by atoms with Crippen molar-refractivity contribution in [2.45, 2.75) is 20.3 Å². The topological polar surface area (TPSA) is 71.5 Å². The average Bonchev–Trinajstić information content (AvgIpc) is 2.95. The molecule has 104 valence electrons. The zero-order valence-electron chi connectivity index (χ0n) is 11.2. The maximum Gasteiger partial charge on any atom is 0.342 e. The number of aryl methyl sites for hydroxylation is 1. The van der Waals surface area contributed by atoms with Crippen LogP contribution in [0, 0.1) is 12.8 Å². The van der Waals surface area contributed by atoms with Crippen LogP contribution in [0.15, 0.2) is 0 Å².